The second kappa shape index (κ2) is 3.53. The maximum Gasteiger partial charge on any atom is 0.0505 e. The normalized spacial score (nSPS) is 23.4. The van der Waals surface area contributed by atoms with Crippen molar-refractivity contribution >= 4 is 8.07 Å². The fourth-order valence-electron chi connectivity index (χ4n) is 2.01. The molecule has 1 fully saturated rings. The van der Waals surface area contributed by atoms with Crippen LogP contribution in [-0.2, 0) is 0 Å². The van der Waals surface area contributed by atoms with Crippen molar-refractivity contribution in [3.05, 3.63) is 0 Å². The van der Waals surface area contributed by atoms with E-state index in [2.05, 4.69) is 6.55 Å². The van der Waals surface area contributed by atoms with Crippen LogP contribution in [0.4, 0.5) is 0 Å². The van der Waals surface area contributed by atoms with Gasteiger partial charge in [0.05, 0.1) is 8.07 Å². The van der Waals surface area contributed by atoms with Crippen LogP contribution in [0.5, 0.6) is 0 Å². The highest BCUT2D eigenvalue weighted by atomic mass is 28.3. The molecule has 60 valence electrons. The van der Waals surface area contributed by atoms with Gasteiger partial charge in [-0.1, -0.05) is 37.5 Å². The van der Waals surface area contributed by atoms with Crippen LogP contribution in [0.3, 0.4) is 0 Å². The van der Waals surface area contributed by atoms with E-state index >= 15 is 0 Å². The van der Waals surface area contributed by atoms with Crippen LogP contribution in [0.25, 0.3) is 0 Å². The highest BCUT2D eigenvalue weighted by Gasteiger charge is 2.29. The third-order valence-electron chi connectivity index (χ3n) is 2.80. The molecular formula is C8H19NSi. The highest BCUT2D eigenvalue weighted by Crippen LogP contribution is 2.33. The zero-order chi connectivity index (χ0) is 7.45. The summed E-state index contributed by atoms with van der Waals surface area (Å²) in [5.41, 5.74) is 5.49. The largest absolute Gasteiger partial charge is 0.330 e. The quantitative estimate of drug-likeness (QED) is 0.625. The molecule has 0 bridgehead atoms. The summed E-state index contributed by atoms with van der Waals surface area (Å²) in [5, 5.41) is 0. The molecule has 0 aromatic heterocycles. The molecule has 0 amide bonds. The minimum Gasteiger partial charge on any atom is -0.330 e. The molecule has 1 nitrogen and oxygen atoms in total. The van der Waals surface area contributed by atoms with Crippen LogP contribution in [0.2, 0.25) is 24.7 Å². The second-order valence-corrected chi connectivity index (χ2v) is 9.03. The van der Waals surface area contributed by atoms with Crippen LogP contribution in [0.1, 0.15) is 19.3 Å². The van der Waals surface area contributed by atoms with Gasteiger partial charge in [0.1, 0.15) is 0 Å². The molecule has 0 aromatic rings. The maximum atomic E-state index is 5.49. The van der Waals surface area contributed by atoms with E-state index in [-0.39, 0.29) is 0 Å². The Morgan fingerprint density at radius 1 is 1.30 bits per heavy atom. The van der Waals surface area contributed by atoms with E-state index in [0.29, 0.717) is 0 Å². The lowest BCUT2D eigenvalue weighted by Crippen LogP contribution is -2.25. The Bertz CT molecular complexity index is 97.4. The minimum atomic E-state index is -0.687. The molecule has 0 atom stereocenters. The molecular weight excluding hydrogens is 138 g/mol. The second-order valence-electron chi connectivity index (χ2n) is 3.91. The van der Waals surface area contributed by atoms with E-state index < -0.39 is 8.07 Å². The van der Waals surface area contributed by atoms with E-state index in [1.165, 1.54) is 25.3 Å². The lowest BCUT2D eigenvalue weighted by Gasteiger charge is -2.19. The van der Waals surface area contributed by atoms with Gasteiger partial charge in [-0.15, -0.1) is 0 Å². The summed E-state index contributed by atoms with van der Waals surface area (Å²) in [6, 6.07) is 4.64. The van der Waals surface area contributed by atoms with Gasteiger partial charge < -0.3 is 5.73 Å². The van der Waals surface area contributed by atoms with Crippen molar-refractivity contribution in [1.29, 1.82) is 0 Å². The Hall–Kier alpha value is 0.177. The summed E-state index contributed by atoms with van der Waals surface area (Å²) in [4.78, 5) is 0. The SMILES string of the molecule is C[Si]1(CCCN)CCCC1. The topological polar surface area (TPSA) is 26.0 Å². The zero-order valence-corrected chi connectivity index (χ0v) is 8.03. The van der Waals surface area contributed by atoms with Crippen molar-refractivity contribution in [2.45, 2.75) is 43.9 Å². The molecule has 0 aliphatic carbocycles. The summed E-state index contributed by atoms with van der Waals surface area (Å²) in [5.74, 6) is 0. The van der Waals surface area contributed by atoms with E-state index in [0.717, 1.165) is 6.54 Å². The first kappa shape index (κ1) is 8.28. The average molecular weight is 157 g/mol. The fourth-order valence-corrected chi connectivity index (χ4v) is 6.02. The van der Waals surface area contributed by atoms with Gasteiger partial charge in [0.2, 0.25) is 0 Å². The maximum absolute atomic E-state index is 5.49. The van der Waals surface area contributed by atoms with Gasteiger partial charge in [0.15, 0.2) is 0 Å². The Morgan fingerprint density at radius 3 is 2.40 bits per heavy atom. The van der Waals surface area contributed by atoms with Gasteiger partial charge in [-0.2, -0.15) is 0 Å². The molecule has 1 heterocycles. The summed E-state index contributed by atoms with van der Waals surface area (Å²) >= 11 is 0. The first-order valence-electron chi connectivity index (χ1n) is 4.47. The Labute approximate surface area is 65.0 Å². The Kier molecular flexibility index (Phi) is 2.92. The van der Waals surface area contributed by atoms with Crippen molar-refractivity contribution in [2.24, 2.45) is 5.73 Å². The van der Waals surface area contributed by atoms with Gasteiger partial charge in [-0.25, -0.2) is 0 Å². The monoisotopic (exact) mass is 157 g/mol. The van der Waals surface area contributed by atoms with Gasteiger partial charge in [-0.05, 0) is 13.0 Å². The van der Waals surface area contributed by atoms with Crippen LogP contribution in [-0.4, -0.2) is 14.6 Å². The van der Waals surface area contributed by atoms with Crippen LogP contribution >= 0.6 is 0 Å². The summed E-state index contributed by atoms with van der Waals surface area (Å²) in [7, 11) is -0.687. The lowest BCUT2D eigenvalue weighted by molar-refractivity contribution is 0.907. The molecule has 1 rings (SSSR count). The highest BCUT2D eigenvalue weighted by molar-refractivity contribution is 6.79. The van der Waals surface area contributed by atoms with Crippen molar-refractivity contribution in [3.8, 4) is 0 Å². The standard InChI is InChI=1S/C8H19NSi/c1-10(8-4-5-9)6-2-3-7-10/h2-9H2,1H3. The van der Waals surface area contributed by atoms with Gasteiger partial charge >= 0.3 is 0 Å². The van der Waals surface area contributed by atoms with Crippen molar-refractivity contribution in [2.75, 3.05) is 6.54 Å². The summed E-state index contributed by atoms with van der Waals surface area (Å²) in [6.07, 6.45) is 4.29. The summed E-state index contributed by atoms with van der Waals surface area (Å²) < 4.78 is 0. The molecule has 2 heteroatoms. The number of hydrogen-bond donors (Lipinski definition) is 1. The van der Waals surface area contributed by atoms with Crippen molar-refractivity contribution < 1.29 is 0 Å². The molecule has 2 N–H and O–H groups in total. The van der Waals surface area contributed by atoms with E-state index in [1.54, 1.807) is 12.1 Å². The van der Waals surface area contributed by atoms with E-state index in [1.807, 2.05) is 0 Å². The molecule has 0 spiro atoms. The van der Waals surface area contributed by atoms with Gasteiger partial charge in [0, 0.05) is 0 Å². The Morgan fingerprint density at radius 2 is 1.90 bits per heavy atom. The molecule has 0 aromatic carbocycles. The summed E-state index contributed by atoms with van der Waals surface area (Å²) in [6.45, 7) is 3.46. The lowest BCUT2D eigenvalue weighted by atomic mass is 10.4. The molecule has 10 heavy (non-hydrogen) atoms. The number of hydrogen-bond acceptors (Lipinski definition) is 1. The molecule has 1 saturated heterocycles. The smallest absolute Gasteiger partial charge is 0.0505 e. The Balaban J connectivity index is 2.22. The van der Waals surface area contributed by atoms with Crippen LogP contribution in [0, 0.1) is 0 Å². The predicted octanol–water partition coefficient (Wildman–Crippen LogP) is 2.21. The van der Waals surface area contributed by atoms with Gasteiger partial charge in [0.25, 0.3) is 0 Å². The van der Waals surface area contributed by atoms with E-state index in [9.17, 15) is 0 Å². The molecule has 0 radical (unpaired) electrons. The molecule has 1 aliphatic rings. The fraction of sp³-hybridized carbons (Fsp3) is 1.00. The third kappa shape index (κ3) is 2.10. The number of nitrogens with two attached hydrogens (primary N) is 1. The zero-order valence-electron chi connectivity index (χ0n) is 7.03. The van der Waals surface area contributed by atoms with Crippen LogP contribution < -0.4 is 5.73 Å². The van der Waals surface area contributed by atoms with Gasteiger partial charge in [-0.3, -0.25) is 0 Å². The van der Waals surface area contributed by atoms with Crippen LogP contribution in [0.15, 0.2) is 0 Å². The molecule has 1 aliphatic heterocycles. The van der Waals surface area contributed by atoms with E-state index in [4.69, 9.17) is 5.73 Å². The molecule has 0 unspecified atom stereocenters. The predicted molar refractivity (Wildman–Crippen MR) is 48.9 cm³/mol. The third-order valence-corrected chi connectivity index (χ3v) is 7.48. The van der Waals surface area contributed by atoms with Crippen molar-refractivity contribution in [3.63, 3.8) is 0 Å². The first-order valence-corrected chi connectivity index (χ1v) is 7.59. The first-order chi connectivity index (χ1) is 4.77. The number of rotatable bonds is 3. The average Bonchev–Trinajstić information content (AvgIpc) is 2.33. The van der Waals surface area contributed by atoms with Crippen molar-refractivity contribution in [1.82, 2.24) is 0 Å². The minimum absolute atomic E-state index is 0.687. The molecule has 0 saturated carbocycles.